The highest BCUT2D eigenvalue weighted by molar-refractivity contribution is 9.10. The number of nitrogens with zero attached hydrogens (tertiary/aromatic N) is 6. The average Bonchev–Trinajstić information content (AvgIpc) is 0.814. The molecule has 3 unspecified atom stereocenters. The van der Waals surface area contributed by atoms with Gasteiger partial charge in [0, 0.05) is 113 Å². The molecule has 8 aliphatic heterocycles. The van der Waals surface area contributed by atoms with Crippen molar-refractivity contribution in [2.75, 3.05) is 104 Å². The van der Waals surface area contributed by atoms with Gasteiger partial charge in [0.1, 0.15) is 11.6 Å². The number of nitrogen functional groups attached to an aromatic ring is 1. The number of rotatable bonds is 15. The fourth-order valence-electron chi connectivity index (χ4n) is 22.9. The number of nitro groups is 2. The summed E-state index contributed by atoms with van der Waals surface area (Å²) in [5, 5.41) is 35.3. The van der Waals surface area contributed by atoms with E-state index in [2.05, 4.69) is 87.1 Å². The number of hydrogen-bond acceptors (Lipinski definition) is 17. The van der Waals surface area contributed by atoms with Gasteiger partial charge in [-0.05, 0) is 260 Å². The number of Topliss-reactive ketones (excluding diaryl/α,β-unsaturated/α-hetero) is 2. The number of alkyl halides is 1. The number of imide groups is 2. The molecule has 13 fully saturated rings. The number of benzene rings is 5. The van der Waals surface area contributed by atoms with Crippen molar-refractivity contribution in [1.82, 2.24) is 21.3 Å². The summed E-state index contributed by atoms with van der Waals surface area (Å²) >= 11 is 34.3. The van der Waals surface area contributed by atoms with E-state index in [4.69, 9.17) is 63.7 Å². The summed E-state index contributed by atoms with van der Waals surface area (Å²) in [6.07, 6.45) is 49.5. The highest BCUT2D eigenvalue weighted by Gasteiger charge is 2.36. The fourth-order valence-corrected chi connectivity index (χ4v) is 24.7. The maximum Gasteiger partial charge on any atom is 0.271 e. The van der Waals surface area contributed by atoms with Crippen molar-refractivity contribution in [1.29, 1.82) is 0 Å². The van der Waals surface area contributed by atoms with E-state index < -0.39 is 15.7 Å². The largest absolute Gasteiger partial charge is 0.399 e. The number of nitro benzene ring substituents is 2. The molecular weight excluding hydrogens is 1820 g/mol. The van der Waals surface area contributed by atoms with Crippen LogP contribution in [0.15, 0.2) is 91.0 Å². The van der Waals surface area contributed by atoms with E-state index in [-0.39, 0.29) is 74.7 Å². The molecule has 0 aromatic heterocycles. The van der Waals surface area contributed by atoms with E-state index in [0.717, 1.165) is 184 Å². The van der Waals surface area contributed by atoms with Crippen LogP contribution in [0.25, 0.3) is 0 Å². The quantitative estimate of drug-likeness (QED) is 0.0163. The highest BCUT2D eigenvalue weighted by atomic mass is 79.9. The first-order valence-corrected chi connectivity index (χ1v) is 52.1. The van der Waals surface area contributed by atoms with Crippen molar-refractivity contribution in [2.24, 2.45) is 71.0 Å². The van der Waals surface area contributed by atoms with E-state index in [9.17, 15) is 53.4 Å². The fraction of sp³-hybridized carbons (Fsp3) is 0.647. The minimum Gasteiger partial charge on any atom is -0.399 e. The second-order valence-corrected chi connectivity index (χ2v) is 42.1. The van der Waals surface area contributed by atoms with Crippen molar-refractivity contribution in [3.05, 3.63) is 153 Å². The summed E-state index contributed by atoms with van der Waals surface area (Å²) in [5.74, 6) is 8.01. The molecule has 21 nitrogen and oxygen atoms in total. The molecule has 28 heteroatoms. The molecule has 0 spiro atoms. The van der Waals surface area contributed by atoms with Crippen LogP contribution in [0.4, 0.5) is 44.2 Å². The molecule has 0 radical (unpaired) electrons. The van der Waals surface area contributed by atoms with Gasteiger partial charge in [-0.2, -0.15) is 0 Å². The normalized spacial score (nSPS) is 23.2. The second-order valence-electron chi connectivity index (χ2n) is 39.0. The summed E-state index contributed by atoms with van der Waals surface area (Å²) in [7, 11) is 0. The van der Waals surface area contributed by atoms with Gasteiger partial charge in [-0.1, -0.05) is 214 Å². The Morgan fingerprint density at radius 3 is 0.962 bits per heavy atom. The van der Waals surface area contributed by atoms with E-state index in [1.54, 1.807) is 12.1 Å². The van der Waals surface area contributed by atoms with Crippen molar-refractivity contribution >= 4 is 149 Å². The number of piperidine rings is 8. The Labute approximate surface area is 803 Å². The van der Waals surface area contributed by atoms with E-state index in [0.29, 0.717) is 56.4 Å². The second kappa shape index (κ2) is 52.4. The average molecular weight is 1960 g/mol. The zero-order valence-electron chi connectivity index (χ0n) is 76.1. The lowest BCUT2D eigenvalue weighted by Gasteiger charge is -2.39. The number of carbonyl (C=O) groups is 6. The zero-order valence-corrected chi connectivity index (χ0v) is 81.5. The molecular formula is C102H140BrCl5FN11O10. The molecule has 18 rings (SSSR count). The van der Waals surface area contributed by atoms with E-state index in [1.807, 2.05) is 24.3 Å². The van der Waals surface area contributed by atoms with Crippen LogP contribution in [0.1, 0.15) is 262 Å². The van der Waals surface area contributed by atoms with Gasteiger partial charge >= 0.3 is 0 Å². The Balaban J connectivity index is 0.000000142. The Kier molecular flexibility index (Phi) is 41.2. The third-order valence-corrected chi connectivity index (χ3v) is 33.0. The van der Waals surface area contributed by atoms with Gasteiger partial charge in [0.15, 0.2) is 5.78 Å². The summed E-state index contributed by atoms with van der Waals surface area (Å²) in [6.45, 7) is 13.5. The number of nitrogens with two attached hydrogens (primary N) is 1. The lowest BCUT2D eigenvalue weighted by atomic mass is 9.76. The van der Waals surface area contributed by atoms with Gasteiger partial charge < -0.3 is 36.0 Å². The first kappa shape index (κ1) is 102. The number of nitrogens with one attached hydrogen (secondary N) is 4. The minimum absolute atomic E-state index is 0.0336. The monoisotopic (exact) mass is 1950 g/mol. The van der Waals surface area contributed by atoms with Crippen LogP contribution >= 0.6 is 73.9 Å². The van der Waals surface area contributed by atoms with Crippen molar-refractivity contribution < 1.29 is 43.0 Å². The van der Waals surface area contributed by atoms with Crippen LogP contribution in [0, 0.1) is 97.1 Å². The molecule has 0 bridgehead atoms. The number of hydrogen-bond donors (Lipinski definition) is 5. The molecule has 5 aromatic rings. The van der Waals surface area contributed by atoms with Crippen molar-refractivity contribution in [3.63, 3.8) is 0 Å². The Hall–Kier alpha value is -6.70. The number of non-ortho nitro benzene ring substituents is 2. The van der Waals surface area contributed by atoms with Gasteiger partial charge in [0.25, 0.3) is 11.4 Å². The van der Waals surface area contributed by atoms with Crippen LogP contribution in [0.5, 0.6) is 0 Å². The van der Waals surface area contributed by atoms with Crippen LogP contribution in [-0.2, 0) is 41.6 Å². The molecule has 712 valence electrons. The van der Waals surface area contributed by atoms with Gasteiger partial charge in [0.05, 0.1) is 69.0 Å². The number of amides is 4. The third kappa shape index (κ3) is 31.2. The third-order valence-electron chi connectivity index (χ3n) is 30.5. The standard InChI is InChI=1S/C23H31ClN2O2.C22H30ClN3O2.C17H23ClN2O2.C17H25ClN2.C11H21N.C6H7BrO2.C6H3ClFNO2/c24-20-15-16(14-19-7-9-22(27)25-23(19)28)6-8-21(20)26-12-10-18(11-13-26)17-4-2-1-3-5-17;23-19-14-15(13-18-2-4-21(27)25-22(18)28)1-3-20(19)26-11-7-17(8-12-26)16-5-9-24-10-6-16;18-16-12-15(20(21)22)6-7-17(16)19-10-8-14(9-11-19)13-4-2-1-3-5-13;18-16-12-15(19)6-7-17(16)20-10-8-14(9-11-20)13-4-2-1-3-5-13;1-2-4-10(5-3-1)11-6-8-12-9-7-11;7-5-2-1-4(8)3-6(5)9;7-5-3-4(9(10)11)1-2-6(5)8/h6,8,15,17-19H,1-5,7,9-14H2,(H,25,27,28);1,3,14,16-18,24H,2,4-13H2,(H,25,27,28);6-7,12-14H,1-5,8-11H2;6-7,12-14H,1-5,8-11,19H2;10-12H,1-9H2;5H,1-3H2;1-3H. The molecule has 5 saturated carbocycles. The molecule has 8 heterocycles. The number of carbonyl (C=O) groups excluding carboxylic acids is 6. The molecule has 13 aliphatic rings. The predicted molar refractivity (Wildman–Crippen MR) is 528 cm³/mol. The maximum atomic E-state index is 12.4. The van der Waals surface area contributed by atoms with Crippen LogP contribution in [0.2, 0.25) is 25.1 Å². The van der Waals surface area contributed by atoms with Gasteiger partial charge in [0.2, 0.25) is 23.6 Å². The Bertz CT molecular complexity index is 4370. The van der Waals surface area contributed by atoms with Gasteiger partial charge in [-0.25, -0.2) is 4.39 Å². The van der Waals surface area contributed by atoms with Crippen LogP contribution < -0.4 is 46.6 Å². The van der Waals surface area contributed by atoms with Crippen LogP contribution in [0.3, 0.4) is 0 Å². The summed E-state index contributed by atoms with van der Waals surface area (Å²) in [5.41, 5.74) is 12.8. The lowest BCUT2D eigenvalue weighted by Crippen LogP contribution is -2.41. The first-order chi connectivity index (χ1) is 62.9. The molecule has 130 heavy (non-hydrogen) atoms. The number of anilines is 5. The van der Waals surface area contributed by atoms with E-state index >= 15 is 0 Å². The highest BCUT2D eigenvalue weighted by Crippen LogP contribution is 2.44. The smallest absolute Gasteiger partial charge is 0.271 e. The molecule has 6 N–H and O–H groups in total. The number of halogens is 7. The lowest BCUT2D eigenvalue weighted by molar-refractivity contribution is -0.385. The SMILES string of the molecule is C1CCC(C2CCNCC2)CC1.Nc1ccc(N2CCC(C3CCCCC3)CC2)c(Cl)c1.O=C1CCC(Br)C(=O)C1.O=C1CCC(Cc2ccc(N3CCC(C4CCCCC4)CC3)c(Cl)c2)C(=O)N1.O=C1CCC(Cc2ccc(N3CCC(C4CCNCC4)CC3)c(Cl)c2)C(=O)N1.O=[N+]([O-])c1ccc(F)c(Cl)c1.O=[N+]([O-])c1ccc(N2CCC(C3CCCCC3)CC2)c(Cl)c1. The molecule has 5 aliphatic carbocycles. The minimum atomic E-state index is -0.655. The summed E-state index contributed by atoms with van der Waals surface area (Å²) in [6, 6.07) is 26.1. The topological polar surface area (TPSA) is 276 Å². The molecule has 8 saturated heterocycles. The van der Waals surface area contributed by atoms with E-state index in [1.165, 1.54) is 238 Å². The van der Waals surface area contributed by atoms with Crippen molar-refractivity contribution in [3.8, 4) is 0 Å². The Morgan fingerprint density at radius 2 is 0.662 bits per heavy atom. The van der Waals surface area contributed by atoms with Crippen LogP contribution in [-0.4, -0.2) is 128 Å². The molecule has 3 atom stereocenters. The molecule has 5 aromatic carbocycles. The number of ketones is 2. The van der Waals surface area contributed by atoms with Gasteiger partial charge in [-0.3, -0.25) is 59.6 Å². The summed E-state index contributed by atoms with van der Waals surface area (Å²) < 4.78 is 12.4. The van der Waals surface area contributed by atoms with Gasteiger partial charge in [-0.15, -0.1) is 0 Å². The summed E-state index contributed by atoms with van der Waals surface area (Å²) in [4.78, 5) is 97.3. The first-order valence-electron chi connectivity index (χ1n) is 49.3. The molecule has 4 amide bonds. The predicted octanol–water partition coefficient (Wildman–Crippen LogP) is 23.7. The zero-order chi connectivity index (χ0) is 92.0. The maximum absolute atomic E-state index is 12.4. The Morgan fingerprint density at radius 1 is 0.362 bits per heavy atom. The van der Waals surface area contributed by atoms with Crippen molar-refractivity contribution in [2.45, 2.75) is 268 Å².